The van der Waals surface area contributed by atoms with Gasteiger partial charge in [-0.05, 0) is 96.6 Å². The number of para-hydroxylation sites is 1. The Bertz CT molecular complexity index is 2510. The normalized spacial score (nSPS) is 25.7. The number of pyridine rings is 1. The van der Waals surface area contributed by atoms with Crippen LogP contribution in [-0.4, -0.2) is 89.8 Å². The number of aromatic nitrogens is 1. The minimum Gasteiger partial charge on any atom is -0.490 e. The number of fused-ring (bicyclic) bond motifs is 6. The molecule has 0 bridgehead atoms. The minimum atomic E-state index is -3.95. The van der Waals surface area contributed by atoms with Crippen molar-refractivity contribution < 1.29 is 50.6 Å². The summed E-state index contributed by atoms with van der Waals surface area (Å²) < 4.78 is 67.5. The Balaban J connectivity index is 1.17. The first kappa shape index (κ1) is 41.3. The lowest BCUT2D eigenvalue weighted by molar-refractivity contribution is -0.141. The van der Waals surface area contributed by atoms with Gasteiger partial charge in [-0.2, -0.15) is 0 Å². The number of rotatable bonds is 8. The molecule has 15 nitrogen and oxygen atoms in total. The number of hydrogen-bond donors (Lipinski definition) is 3. The van der Waals surface area contributed by atoms with Crippen LogP contribution in [0.1, 0.15) is 85.5 Å². The second-order valence-electron chi connectivity index (χ2n) is 17.1. The van der Waals surface area contributed by atoms with Gasteiger partial charge in [-0.1, -0.05) is 31.1 Å². The van der Waals surface area contributed by atoms with Gasteiger partial charge in [0.1, 0.15) is 40.7 Å². The number of benzene rings is 2. The third-order valence-electron chi connectivity index (χ3n) is 11.4. The summed E-state index contributed by atoms with van der Waals surface area (Å²) in [6, 6.07) is 7.17. The maximum atomic E-state index is 14.9. The molecule has 1 saturated heterocycles. The lowest BCUT2D eigenvalue weighted by atomic mass is 10.0. The second-order valence-corrected chi connectivity index (χ2v) is 19.1. The van der Waals surface area contributed by atoms with E-state index in [1.807, 2.05) is 31.2 Å². The van der Waals surface area contributed by atoms with E-state index in [1.165, 1.54) is 23.1 Å². The van der Waals surface area contributed by atoms with Crippen LogP contribution in [0.5, 0.6) is 11.5 Å². The number of furan rings is 1. The molecule has 2 saturated carbocycles. The van der Waals surface area contributed by atoms with Gasteiger partial charge in [-0.3, -0.25) is 19.1 Å². The largest absolute Gasteiger partial charge is 0.490 e. The molecule has 0 radical (unpaired) electrons. The van der Waals surface area contributed by atoms with E-state index in [1.54, 1.807) is 26.8 Å². The van der Waals surface area contributed by atoms with Crippen LogP contribution in [0.3, 0.4) is 0 Å². The maximum Gasteiger partial charge on any atom is 0.408 e. The number of carbonyl (C=O) groups excluding carboxylic acids is 4. The Morgan fingerprint density at radius 3 is 2.62 bits per heavy atom. The smallest absolute Gasteiger partial charge is 0.408 e. The molecular formula is C43H50FN5O10S. The second kappa shape index (κ2) is 15.9. The number of hydrogen-bond acceptors (Lipinski definition) is 11. The van der Waals surface area contributed by atoms with Crippen molar-refractivity contribution in [3.63, 3.8) is 0 Å². The molecule has 8 rings (SSSR count). The summed E-state index contributed by atoms with van der Waals surface area (Å²) in [5.74, 6) is -2.52. The van der Waals surface area contributed by atoms with Crippen LogP contribution in [-0.2, 0) is 29.1 Å². The van der Waals surface area contributed by atoms with Crippen molar-refractivity contribution in [2.45, 2.75) is 120 Å². The summed E-state index contributed by atoms with van der Waals surface area (Å²) in [6.45, 7) is 7.19. The lowest BCUT2D eigenvalue weighted by Gasteiger charge is -2.30. The molecule has 0 spiro atoms. The standard InChI is InChI=1S/C43H50FN5O10S/c1-5-56-33-15-11-13-28-34-37(58-35(28)33)36(29-20-25(44)16-19-30(29)45-34)57-26-21-32-38(50)47-43(40(52)48-60(54,55)27-17-18-27)22-24(43)12-9-7-6-8-10-14-31(39(51)49(32)23-26)46-41(53)59-42(2,3)4/h9,11-13,15-16,19-20,24,26-27,31-32H,5-8,10,14,17-18,21-23H2,1-4H3,(H,46,53)(H,47,50)(H,48,52)/b12-9-/t24-,26+,31-,32+,43-/m1/s1. The molecule has 4 amide bonds. The van der Waals surface area contributed by atoms with Crippen molar-refractivity contribution in [3.8, 4) is 11.5 Å². The molecule has 2 aromatic heterocycles. The van der Waals surface area contributed by atoms with E-state index in [4.69, 9.17) is 23.6 Å². The Labute approximate surface area is 346 Å². The number of carbonyl (C=O) groups is 4. The van der Waals surface area contributed by atoms with E-state index in [-0.39, 0.29) is 37.1 Å². The van der Waals surface area contributed by atoms with Crippen molar-refractivity contribution in [1.82, 2.24) is 25.2 Å². The number of amides is 4. The van der Waals surface area contributed by atoms with Gasteiger partial charge in [0.15, 0.2) is 22.7 Å². The summed E-state index contributed by atoms with van der Waals surface area (Å²) in [5.41, 5.74) is -0.961. The first-order chi connectivity index (χ1) is 28.6. The van der Waals surface area contributed by atoms with Crippen molar-refractivity contribution in [3.05, 3.63) is 54.4 Å². The first-order valence-electron chi connectivity index (χ1n) is 20.7. The predicted octanol–water partition coefficient (Wildman–Crippen LogP) is 5.92. The zero-order chi connectivity index (χ0) is 42.6. The maximum absolute atomic E-state index is 14.9. The van der Waals surface area contributed by atoms with Crippen molar-refractivity contribution in [1.29, 1.82) is 0 Å². The Kier molecular flexibility index (Phi) is 10.9. The highest BCUT2D eigenvalue weighted by molar-refractivity contribution is 7.91. The van der Waals surface area contributed by atoms with Gasteiger partial charge in [0.2, 0.25) is 21.8 Å². The molecule has 0 unspecified atom stereocenters. The average Bonchev–Trinajstić information content (AvgIpc) is 4.08. The molecule has 3 N–H and O–H groups in total. The van der Waals surface area contributed by atoms with Crippen LogP contribution in [0.25, 0.3) is 33.0 Å². The molecule has 2 aliphatic heterocycles. The SMILES string of the molecule is CCOc1cccc2c1oc1c(O[C@H]3C[C@H]4C(=O)N[C@]5(C(=O)NS(=O)(=O)C6CC6)C[C@H]5/C=C\CCCCC[C@@H](NC(=O)OC(C)(C)C)C(=O)N4C3)c3cc(F)ccc3nc12. The summed E-state index contributed by atoms with van der Waals surface area (Å²) in [4.78, 5) is 62.5. The van der Waals surface area contributed by atoms with Crippen LogP contribution >= 0.6 is 0 Å². The Morgan fingerprint density at radius 1 is 1.07 bits per heavy atom. The Hall–Kier alpha value is -5.45. The third kappa shape index (κ3) is 8.32. The minimum absolute atomic E-state index is 0.0830. The molecule has 17 heteroatoms. The van der Waals surface area contributed by atoms with Crippen LogP contribution < -0.4 is 24.8 Å². The van der Waals surface area contributed by atoms with Crippen LogP contribution in [0.2, 0.25) is 0 Å². The summed E-state index contributed by atoms with van der Waals surface area (Å²) >= 11 is 0. The molecule has 2 aromatic carbocycles. The fraction of sp³-hybridized carbons (Fsp3) is 0.512. The topological polar surface area (TPSA) is 195 Å². The molecule has 320 valence electrons. The number of alkyl carbamates (subject to hydrolysis) is 1. The zero-order valence-electron chi connectivity index (χ0n) is 34.0. The average molecular weight is 848 g/mol. The fourth-order valence-electron chi connectivity index (χ4n) is 8.23. The van der Waals surface area contributed by atoms with Gasteiger partial charge >= 0.3 is 6.09 Å². The molecule has 60 heavy (non-hydrogen) atoms. The molecule has 4 aromatic rings. The highest BCUT2D eigenvalue weighted by Gasteiger charge is 2.62. The fourth-order valence-corrected chi connectivity index (χ4v) is 9.59. The van der Waals surface area contributed by atoms with Gasteiger partial charge < -0.3 is 34.2 Å². The van der Waals surface area contributed by atoms with Crippen LogP contribution in [0, 0.1) is 11.7 Å². The van der Waals surface area contributed by atoms with Crippen LogP contribution in [0.15, 0.2) is 53.0 Å². The molecule has 4 heterocycles. The van der Waals surface area contributed by atoms with Crippen molar-refractivity contribution in [2.24, 2.45) is 5.92 Å². The van der Waals surface area contributed by atoms with Gasteiger partial charge in [0.25, 0.3) is 5.91 Å². The van der Waals surface area contributed by atoms with E-state index in [9.17, 15) is 32.0 Å². The number of nitrogens with one attached hydrogen (secondary N) is 3. The number of allylic oxidation sites excluding steroid dienone is 1. The van der Waals surface area contributed by atoms with E-state index >= 15 is 0 Å². The van der Waals surface area contributed by atoms with E-state index in [2.05, 4.69) is 15.4 Å². The molecule has 3 fully saturated rings. The molecule has 2 aliphatic carbocycles. The van der Waals surface area contributed by atoms with E-state index < -0.39 is 80.2 Å². The first-order valence-corrected chi connectivity index (χ1v) is 22.2. The molecule has 4 aliphatic rings. The number of ether oxygens (including phenoxy) is 3. The summed E-state index contributed by atoms with van der Waals surface area (Å²) in [5, 5.41) is 5.86. The third-order valence-corrected chi connectivity index (χ3v) is 13.2. The van der Waals surface area contributed by atoms with Gasteiger partial charge in [-0.25, -0.2) is 22.6 Å². The summed E-state index contributed by atoms with van der Waals surface area (Å²) in [7, 11) is -3.95. The Morgan fingerprint density at radius 2 is 1.87 bits per heavy atom. The van der Waals surface area contributed by atoms with E-state index in [0.717, 1.165) is 12.8 Å². The number of halogens is 1. The van der Waals surface area contributed by atoms with Crippen LogP contribution in [0.4, 0.5) is 9.18 Å². The molecule has 5 atom stereocenters. The monoisotopic (exact) mass is 847 g/mol. The van der Waals surface area contributed by atoms with Crippen molar-refractivity contribution in [2.75, 3.05) is 13.2 Å². The number of sulfonamides is 1. The number of nitrogens with zero attached hydrogens (tertiary/aromatic N) is 2. The van der Waals surface area contributed by atoms with Crippen molar-refractivity contribution >= 4 is 66.8 Å². The highest BCUT2D eigenvalue weighted by atomic mass is 32.2. The quantitative estimate of drug-likeness (QED) is 0.178. The zero-order valence-corrected chi connectivity index (χ0v) is 34.9. The lowest BCUT2D eigenvalue weighted by Crippen LogP contribution is -2.58. The van der Waals surface area contributed by atoms with Gasteiger partial charge in [0, 0.05) is 17.7 Å². The van der Waals surface area contributed by atoms with E-state index in [0.29, 0.717) is 65.4 Å². The summed E-state index contributed by atoms with van der Waals surface area (Å²) in [6.07, 6.45) is 5.99. The predicted molar refractivity (Wildman–Crippen MR) is 219 cm³/mol. The van der Waals surface area contributed by atoms with Gasteiger partial charge in [0.05, 0.1) is 29.3 Å². The molecular weight excluding hydrogens is 798 g/mol. The van der Waals surface area contributed by atoms with Gasteiger partial charge in [-0.15, -0.1) is 0 Å². The highest BCUT2D eigenvalue weighted by Crippen LogP contribution is 2.47.